The molecule has 0 amide bonds. The van der Waals surface area contributed by atoms with Gasteiger partial charge >= 0.3 is 0 Å². The highest BCUT2D eigenvalue weighted by Crippen LogP contribution is 2.22. The third-order valence-corrected chi connectivity index (χ3v) is 2.68. The molecule has 2 rings (SSSR count). The van der Waals surface area contributed by atoms with Crippen LogP contribution in [0.4, 0.5) is 0 Å². The lowest BCUT2D eigenvalue weighted by Crippen LogP contribution is -2.19. The van der Waals surface area contributed by atoms with Crippen molar-refractivity contribution in [2.24, 2.45) is 11.5 Å². The van der Waals surface area contributed by atoms with Crippen molar-refractivity contribution in [3.05, 3.63) is 34.9 Å². The Balaban J connectivity index is 2.33. The molecule has 0 fully saturated rings. The van der Waals surface area contributed by atoms with Crippen molar-refractivity contribution >= 4 is 5.78 Å². The molecule has 0 aliphatic heterocycles. The van der Waals surface area contributed by atoms with Crippen molar-refractivity contribution in [1.82, 2.24) is 0 Å². The molecule has 4 N–H and O–H groups in total. The summed E-state index contributed by atoms with van der Waals surface area (Å²) in [5.41, 5.74) is 14.3. The van der Waals surface area contributed by atoms with Gasteiger partial charge in [-0.05, 0) is 30.0 Å². The molecule has 1 aromatic carbocycles. The van der Waals surface area contributed by atoms with Gasteiger partial charge in [-0.1, -0.05) is 12.1 Å². The molecule has 0 radical (unpaired) electrons. The van der Waals surface area contributed by atoms with Crippen LogP contribution in [0.15, 0.2) is 18.2 Å². The van der Waals surface area contributed by atoms with Gasteiger partial charge in [0.2, 0.25) is 0 Å². The van der Waals surface area contributed by atoms with Gasteiger partial charge in [0.1, 0.15) is 0 Å². The second kappa shape index (κ2) is 3.52. The summed E-state index contributed by atoms with van der Waals surface area (Å²) in [6.07, 6.45) is 1.80. The highest BCUT2D eigenvalue weighted by Gasteiger charge is 2.18. The number of hydrogen-bond acceptors (Lipinski definition) is 3. The number of ketones is 1. The number of Topliss-reactive ketones (excluding diaryl/α,β-unsaturated/α-hetero) is 1. The molecule has 3 nitrogen and oxygen atoms in total. The average molecular weight is 190 g/mol. The van der Waals surface area contributed by atoms with Crippen molar-refractivity contribution in [3.8, 4) is 0 Å². The predicted molar refractivity (Wildman–Crippen MR) is 55.2 cm³/mol. The van der Waals surface area contributed by atoms with Crippen LogP contribution in [0.25, 0.3) is 0 Å². The van der Waals surface area contributed by atoms with Crippen molar-refractivity contribution in [2.75, 3.05) is 6.54 Å². The number of hydrogen-bond donors (Lipinski definition) is 2. The van der Waals surface area contributed by atoms with Crippen LogP contribution in [0.1, 0.15) is 21.5 Å². The SMILES string of the molecule is NCC(=O)c1ccc2c(c1)CC(N)C2. The van der Waals surface area contributed by atoms with Gasteiger partial charge in [0.25, 0.3) is 0 Å². The van der Waals surface area contributed by atoms with E-state index >= 15 is 0 Å². The van der Waals surface area contributed by atoms with E-state index in [0.717, 1.165) is 12.8 Å². The minimum atomic E-state index is -0.00623. The van der Waals surface area contributed by atoms with Crippen LogP contribution in [-0.2, 0) is 12.8 Å². The van der Waals surface area contributed by atoms with Crippen LogP contribution in [0.3, 0.4) is 0 Å². The number of benzene rings is 1. The lowest BCUT2D eigenvalue weighted by atomic mass is 10.0. The maximum Gasteiger partial charge on any atom is 0.176 e. The van der Waals surface area contributed by atoms with Gasteiger partial charge in [-0.25, -0.2) is 0 Å². The standard InChI is InChI=1S/C11H14N2O/c12-6-11(14)8-2-1-7-4-10(13)5-9(7)3-8/h1-3,10H,4-6,12-13H2. The fourth-order valence-corrected chi connectivity index (χ4v) is 1.94. The monoisotopic (exact) mass is 190 g/mol. The van der Waals surface area contributed by atoms with Crippen LogP contribution in [0.5, 0.6) is 0 Å². The van der Waals surface area contributed by atoms with E-state index < -0.39 is 0 Å². The van der Waals surface area contributed by atoms with Crippen molar-refractivity contribution in [2.45, 2.75) is 18.9 Å². The summed E-state index contributed by atoms with van der Waals surface area (Å²) in [5.74, 6) is -0.00623. The van der Waals surface area contributed by atoms with E-state index in [4.69, 9.17) is 11.5 Å². The fraction of sp³-hybridized carbons (Fsp3) is 0.364. The van der Waals surface area contributed by atoms with Gasteiger partial charge in [-0.15, -0.1) is 0 Å². The Morgan fingerprint density at radius 2 is 2.07 bits per heavy atom. The molecular weight excluding hydrogens is 176 g/mol. The predicted octanol–water partition coefficient (Wildman–Crippen LogP) is 0.254. The molecule has 1 unspecified atom stereocenters. The lowest BCUT2D eigenvalue weighted by Gasteiger charge is -2.01. The summed E-state index contributed by atoms with van der Waals surface area (Å²) in [7, 11) is 0. The molecule has 1 aromatic rings. The molecular formula is C11H14N2O. The van der Waals surface area contributed by atoms with E-state index in [0.29, 0.717) is 5.56 Å². The van der Waals surface area contributed by atoms with Gasteiger partial charge < -0.3 is 11.5 Å². The summed E-state index contributed by atoms with van der Waals surface area (Å²) < 4.78 is 0. The van der Waals surface area contributed by atoms with Crippen LogP contribution in [0.2, 0.25) is 0 Å². The molecule has 0 bridgehead atoms. The average Bonchev–Trinajstić information content (AvgIpc) is 2.55. The molecule has 0 aromatic heterocycles. The molecule has 1 atom stereocenters. The smallest absolute Gasteiger partial charge is 0.176 e. The summed E-state index contributed by atoms with van der Waals surface area (Å²) in [6.45, 7) is 0.0742. The first kappa shape index (κ1) is 9.37. The maximum atomic E-state index is 11.3. The van der Waals surface area contributed by atoms with Gasteiger partial charge in [0, 0.05) is 11.6 Å². The fourth-order valence-electron chi connectivity index (χ4n) is 1.94. The minimum absolute atomic E-state index is 0.00623. The Morgan fingerprint density at radius 1 is 1.36 bits per heavy atom. The summed E-state index contributed by atoms with van der Waals surface area (Å²) >= 11 is 0. The van der Waals surface area contributed by atoms with Crippen LogP contribution >= 0.6 is 0 Å². The van der Waals surface area contributed by atoms with Crippen LogP contribution < -0.4 is 11.5 Å². The van der Waals surface area contributed by atoms with E-state index in [2.05, 4.69) is 0 Å². The number of carbonyl (C=O) groups excluding carboxylic acids is 1. The summed E-state index contributed by atoms with van der Waals surface area (Å²) in [5, 5.41) is 0. The number of nitrogens with two attached hydrogens (primary N) is 2. The Kier molecular flexibility index (Phi) is 2.35. The second-order valence-corrected chi connectivity index (χ2v) is 3.78. The van der Waals surface area contributed by atoms with Crippen molar-refractivity contribution < 1.29 is 4.79 Å². The van der Waals surface area contributed by atoms with Gasteiger partial charge in [-0.3, -0.25) is 4.79 Å². The lowest BCUT2D eigenvalue weighted by molar-refractivity contribution is 0.100. The van der Waals surface area contributed by atoms with E-state index in [1.165, 1.54) is 11.1 Å². The Labute approximate surface area is 83.1 Å². The van der Waals surface area contributed by atoms with E-state index in [1.54, 1.807) is 0 Å². The highest BCUT2D eigenvalue weighted by molar-refractivity contribution is 5.97. The Morgan fingerprint density at radius 3 is 2.79 bits per heavy atom. The highest BCUT2D eigenvalue weighted by atomic mass is 16.1. The van der Waals surface area contributed by atoms with Gasteiger partial charge in [0.05, 0.1) is 6.54 Å². The van der Waals surface area contributed by atoms with Crippen molar-refractivity contribution in [1.29, 1.82) is 0 Å². The normalized spacial score (nSPS) is 19.4. The third kappa shape index (κ3) is 1.56. The van der Waals surface area contributed by atoms with Crippen LogP contribution in [0, 0.1) is 0 Å². The maximum absolute atomic E-state index is 11.3. The molecule has 0 heterocycles. The number of carbonyl (C=O) groups is 1. The molecule has 14 heavy (non-hydrogen) atoms. The van der Waals surface area contributed by atoms with Crippen LogP contribution in [-0.4, -0.2) is 18.4 Å². The largest absolute Gasteiger partial charge is 0.327 e. The first-order valence-electron chi connectivity index (χ1n) is 4.81. The Bertz CT molecular complexity index is 374. The zero-order chi connectivity index (χ0) is 10.1. The molecule has 3 heteroatoms. The molecule has 0 spiro atoms. The molecule has 0 saturated carbocycles. The summed E-state index contributed by atoms with van der Waals surface area (Å²) in [6, 6.07) is 5.97. The van der Waals surface area contributed by atoms with Gasteiger partial charge in [0.15, 0.2) is 5.78 Å². The summed E-state index contributed by atoms with van der Waals surface area (Å²) in [4.78, 5) is 11.3. The topological polar surface area (TPSA) is 69.1 Å². The van der Waals surface area contributed by atoms with E-state index in [1.807, 2.05) is 18.2 Å². The third-order valence-electron chi connectivity index (χ3n) is 2.68. The molecule has 1 aliphatic rings. The minimum Gasteiger partial charge on any atom is -0.327 e. The number of rotatable bonds is 2. The zero-order valence-electron chi connectivity index (χ0n) is 7.99. The zero-order valence-corrected chi connectivity index (χ0v) is 7.99. The number of fused-ring (bicyclic) bond motifs is 1. The van der Waals surface area contributed by atoms with E-state index in [-0.39, 0.29) is 18.4 Å². The first-order chi connectivity index (χ1) is 6.70. The molecule has 74 valence electrons. The van der Waals surface area contributed by atoms with E-state index in [9.17, 15) is 4.79 Å². The Hall–Kier alpha value is -1.19. The quantitative estimate of drug-likeness (QED) is 0.657. The first-order valence-corrected chi connectivity index (χ1v) is 4.81. The van der Waals surface area contributed by atoms with Crippen molar-refractivity contribution in [3.63, 3.8) is 0 Å². The molecule has 0 saturated heterocycles. The van der Waals surface area contributed by atoms with Gasteiger partial charge in [-0.2, -0.15) is 0 Å². The second-order valence-electron chi connectivity index (χ2n) is 3.78. The molecule has 1 aliphatic carbocycles.